The van der Waals surface area contributed by atoms with Crippen molar-refractivity contribution in [2.45, 2.75) is 19.4 Å². The van der Waals surface area contributed by atoms with Gasteiger partial charge in [0, 0.05) is 57.2 Å². The van der Waals surface area contributed by atoms with E-state index in [0.717, 1.165) is 69.9 Å². The predicted octanol–water partition coefficient (Wildman–Crippen LogP) is 5.46. The number of allylic oxidation sites excluding steroid dienone is 2. The number of rotatable bonds is 8. The number of nitrogens with zero attached hydrogens (tertiary/aromatic N) is 3. The van der Waals surface area contributed by atoms with Gasteiger partial charge in [0.25, 0.3) is 0 Å². The number of anilines is 1. The molecule has 0 spiro atoms. The van der Waals surface area contributed by atoms with Gasteiger partial charge in [-0.3, -0.25) is 4.90 Å². The summed E-state index contributed by atoms with van der Waals surface area (Å²) in [4.78, 5) is 10.9. The molecule has 2 aromatic carbocycles. The zero-order chi connectivity index (χ0) is 23.2. The number of nitrogens with one attached hydrogen (secondary N) is 1. The second-order valence-electron chi connectivity index (χ2n) is 9.17. The third kappa shape index (κ3) is 5.49. The van der Waals surface area contributed by atoms with Crippen molar-refractivity contribution in [2.24, 2.45) is 0 Å². The highest BCUT2D eigenvalue weighted by atomic mass is 19.1. The number of piperazine rings is 1. The van der Waals surface area contributed by atoms with Crippen LogP contribution in [-0.2, 0) is 13.0 Å². The number of hydrogen-bond acceptors (Lipinski definition) is 3. The van der Waals surface area contributed by atoms with Crippen molar-refractivity contribution in [1.82, 2.24) is 14.8 Å². The Balaban J connectivity index is 1.19. The first-order valence-electron chi connectivity index (χ1n) is 12.3. The van der Waals surface area contributed by atoms with E-state index in [1.807, 2.05) is 12.1 Å². The van der Waals surface area contributed by atoms with E-state index in [4.69, 9.17) is 0 Å². The number of aryl methyl sites for hydroxylation is 1. The summed E-state index contributed by atoms with van der Waals surface area (Å²) in [6, 6.07) is 17.5. The third-order valence-corrected chi connectivity index (χ3v) is 6.80. The molecule has 34 heavy (non-hydrogen) atoms. The standard InChI is InChI=1S/C29H33FN4/c30-27-13-11-25(12-14-27)28-29(34-16-5-2-6-17-34)26(22-31-28)10-7-15-32-18-20-33(21-19-32)23-24-8-3-1-4-9-24/h1-6,8-9,11-14,16,22,31H,7,10,15,17-21,23H2. The average molecular weight is 457 g/mol. The third-order valence-electron chi connectivity index (χ3n) is 6.80. The van der Waals surface area contributed by atoms with Crippen molar-refractivity contribution < 1.29 is 4.39 Å². The highest BCUT2D eigenvalue weighted by molar-refractivity contribution is 5.80. The van der Waals surface area contributed by atoms with Crippen LogP contribution in [0, 0.1) is 5.82 Å². The SMILES string of the molecule is Fc1ccc(-c2[nH]cc(CCCN3CCN(Cc4ccccc4)CC3)c2N2C=CC=CC2)cc1. The molecule has 0 amide bonds. The maximum Gasteiger partial charge on any atom is 0.123 e. The molecular weight excluding hydrogens is 423 g/mol. The number of hydrogen-bond donors (Lipinski definition) is 1. The Kier molecular flexibility index (Phi) is 7.22. The largest absolute Gasteiger partial charge is 0.359 e. The zero-order valence-corrected chi connectivity index (χ0v) is 19.7. The zero-order valence-electron chi connectivity index (χ0n) is 19.7. The molecule has 5 heteroatoms. The van der Waals surface area contributed by atoms with Crippen molar-refractivity contribution in [3.8, 4) is 11.3 Å². The van der Waals surface area contributed by atoms with E-state index >= 15 is 0 Å². The van der Waals surface area contributed by atoms with Crippen molar-refractivity contribution in [1.29, 1.82) is 0 Å². The lowest BCUT2D eigenvalue weighted by Crippen LogP contribution is -2.46. The van der Waals surface area contributed by atoms with Crippen LogP contribution in [0.1, 0.15) is 17.5 Å². The molecule has 0 aliphatic carbocycles. The lowest BCUT2D eigenvalue weighted by atomic mass is 10.0. The molecule has 3 heterocycles. The van der Waals surface area contributed by atoms with E-state index in [0.29, 0.717) is 0 Å². The molecule has 4 nitrogen and oxygen atoms in total. The fourth-order valence-electron chi connectivity index (χ4n) is 4.95. The maximum atomic E-state index is 13.5. The first-order valence-corrected chi connectivity index (χ1v) is 12.3. The average Bonchev–Trinajstić information content (AvgIpc) is 3.30. The van der Waals surface area contributed by atoms with Crippen molar-refractivity contribution in [3.63, 3.8) is 0 Å². The quantitative estimate of drug-likeness (QED) is 0.487. The second kappa shape index (κ2) is 10.9. The molecule has 2 aliphatic rings. The summed E-state index contributed by atoms with van der Waals surface area (Å²) in [5.74, 6) is -0.207. The molecular formula is C29H33FN4. The van der Waals surface area contributed by atoms with E-state index < -0.39 is 0 Å². The normalized spacial score (nSPS) is 16.9. The Morgan fingerprint density at radius 3 is 2.35 bits per heavy atom. The van der Waals surface area contributed by atoms with Gasteiger partial charge in [-0.15, -0.1) is 0 Å². The van der Waals surface area contributed by atoms with Crippen LogP contribution < -0.4 is 4.90 Å². The second-order valence-corrected chi connectivity index (χ2v) is 9.17. The number of H-pyrrole nitrogens is 1. The van der Waals surface area contributed by atoms with E-state index in [9.17, 15) is 4.39 Å². The van der Waals surface area contributed by atoms with Gasteiger partial charge in [0.1, 0.15) is 5.82 Å². The van der Waals surface area contributed by atoms with Gasteiger partial charge in [0.15, 0.2) is 0 Å². The molecule has 176 valence electrons. The minimum atomic E-state index is -0.207. The molecule has 1 N–H and O–H groups in total. The van der Waals surface area contributed by atoms with Gasteiger partial charge >= 0.3 is 0 Å². The van der Waals surface area contributed by atoms with E-state index in [2.05, 4.69) is 80.6 Å². The lowest BCUT2D eigenvalue weighted by molar-refractivity contribution is 0.126. The maximum absolute atomic E-state index is 13.5. The molecule has 5 rings (SSSR count). The van der Waals surface area contributed by atoms with Gasteiger partial charge in [-0.25, -0.2) is 4.39 Å². The smallest absolute Gasteiger partial charge is 0.123 e. The Labute approximate surface area is 202 Å². The van der Waals surface area contributed by atoms with Gasteiger partial charge in [-0.1, -0.05) is 42.5 Å². The van der Waals surface area contributed by atoms with Gasteiger partial charge in [0.05, 0.1) is 11.4 Å². The molecule has 0 unspecified atom stereocenters. The van der Waals surface area contributed by atoms with Crippen LogP contribution in [0.4, 0.5) is 10.1 Å². The summed E-state index contributed by atoms with van der Waals surface area (Å²) in [7, 11) is 0. The van der Waals surface area contributed by atoms with Crippen LogP contribution in [0.2, 0.25) is 0 Å². The fraction of sp³-hybridized carbons (Fsp3) is 0.310. The molecule has 3 aromatic rings. The molecule has 1 saturated heterocycles. The Morgan fingerprint density at radius 1 is 0.853 bits per heavy atom. The monoisotopic (exact) mass is 456 g/mol. The minimum absolute atomic E-state index is 0.207. The topological polar surface area (TPSA) is 25.5 Å². The van der Waals surface area contributed by atoms with Crippen LogP contribution >= 0.6 is 0 Å². The van der Waals surface area contributed by atoms with Crippen LogP contribution in [-0.4, -0.2) is 54.1 Å². The van der Waals surface area contributed by atoms with Crippen LogP contribution in [0.5, 0.6) is 0 Å². The number of aromatic nitrogens is 1. The number of aromatic amines is 1. The summed E-state index contributed by atoms with van der Waals surface area (Å²) in [5.41, 5.74) is 6.00. The highest BCUT2D eigenvalue weighted by Gasteiger charge is 2.20. The summed E-state index contributed by atoms with van der Waals surface area (Å²) in [6.45, 7) is 7.53. The summed E-state index contributed by atoms with van der Waals surface area (Å²) < 4.78 is 13.5. The van der Waals surface area contributed by atoms with Crippen molar-refractivity contribution in [2.75, 3.05) is 44.2 Å². The van der Waals surface area contributed by atoms with Gasteiger partial charge < -0.3 is 14.8 Å². The first-order chi connectivity index (χ1) is 16.8. The molecule has 0 radical (unpaired) electrons. The molecule has 0 atom stereocenters. The molecule has 1 aromatic heterocycles. The summed E-state index contributed by atoms with van der Waals surface area (Å²) in [5, 5.41) is 0. The van der Waals surface area contributed by atoms with E-state index in [1.54, 1.807) is 0 Å². The first kappa shape index (κ1) is 22.6. The summed E-state index contributed by atoms with van der Waals surface area (Å²) >= 11 is 0. The Hall–Kier alpha value is -3.15. The Bertz CT molecular complexity index is 1110. The van der Waals surface area contributed by atoms with Crippen LogP contribution in [0.15, 0.2) is 85.2 Å². The predicted molar refractivity (Wildman–Crippen MR) is 138 cm³/mol. The van der Waals surface area contributed by atoms with E-state index in [1.165, 1.54) is 28.9 Å². The molecule has 1 fully saturated rings. The number of benzene rings is 2. The lowest BCUT2D eigenvalue weighted by Gasteiger charge is -2.34. The van der Waals surface area contributed by atoms with Crippen molar-refractivity contribution >= 4 is 5.69 Å². The summed E-state index contributed by atoms with van der Waals surface area (Å²) in [6.07, 6.45) is 12.7. The van der Waals surface area contributed by atoms with E-state index in [-0.39, 0.29) is 5.82 Å². The van der Waals surface area contributed by atoms with Crippen LogP contribution in [0.3, 0.4) is 0 Å². The van der Waals surface area contributed by atoms with Gasteiger partial charge in [-0.2, -0.15) is 0 Å². The van der Waals surface area contributed by atoms with Crippen LogP contribution in [0.25, 0.3) is 11.3 Å². The highest BCUT2D eigenvalue weighted by Crippen LogP contribution is 2.35. The van der Waals surface area contributed by atoms with Gasteiger partial charge in [0.2, 0.25) is 0 Å². The molecule has 0 bridgehead atoms. The van der Waals surface area contributed by atoms with Gasteiger partial charge in [-0.05, 0) is 60.9 Å². The Morgan fingerprint density at radius 2 is 1.62 bits per heavy atom. The fourth-order valence-corrected chi connectivity index (χ4v) is 4.95. The number of halogens is 1. The molecule has 0 saturated carbocycles. The molecule has 2 aliphatic heterocycles. The van der Waals surface area contributed by atoms with Crippen molar-refractivity contribution in [3.05, 3.63) is 102 Å². The minimum Gasteiger partial charge on any atom is -0.359 e.